The highest BCUT2D eigenvalue weighted by Crippen LogP contribution is 2.27. The molecule has 1 saturated heterocycles. The van der Waals surface area contributed by atoms with Crippen molar-refractivity contribution in [2.45, 2.75) is 20.8 Å². The van der Waals surface area contributed by atoms with E-state index in [0.717, 1.165) is 22.6 Å². The van der Waals surface area contributed by atoms with Crippen LogP contribution in [0.2, 0.25) is 5.02 Å². The van der Waals surface area contributed by atoms with E-state index in [4.69, 9.17) is 11.6 Å². The third-order valence-corrected chi connectivity index (χ3v) is 6.37. The molecule has 0 aliphatic carbocycles. The lowest BCUT2D eigenvalue weighted by atomic mass is 9.99. The number of benzene rings is 2. The third kappa shape index (κ3) is 4.66. The number of hydrogen-bond donors (Lipinski definition) is 0. The SMILES string of the molecule is Cc1cc(C)c(-c2ccc(N3CCN(C(=O)c4ccc(Cl)c([N+](=O)[O-])c4)CC3)nn2)cc1C. The van der Waals surface area contributed by atoms with Gasteiger partial charge in [-0.1, -0.05) is 17.7 Å². The van der Waals surface area contributed by atoms with Crippen LogP contribution in [0, 0.1) is 30.9 Å². The zero-order chi connectivity index (χ0) is 23.7. The second-order valence-electron chi connectivity index (χ2n) is 8.23. The number of aromatic nitrogens is 2. The van der Waals surface area contributed by atoms with Crippen LogP contribution < -0.4 is 4.90 Å². The summed E-state index contributed by atoms with van der Waals surface area (Å²) in [5.74, 6) is 0.510. The van der Waals surface area contributed by atoms with Gasteiger partial charge in [-0.2, -0.15) is 0 Å². The Balaban J connectivity index is 1.43. The van der Waals surface area contributed by atoms with Gasteiger partial charge in [0.1, 0.15) is 5.02 Å². The summed E-state index contributed by atoms with van der Waals surface area (Å²) < 4.78 is 0. The zero-order valence-corrected chi connectivity index (χ0v) is 19.5. The molecule has 33 heavy (non-hydrogen) atoms. The van der Waals surface area contributed by atoms with Gasteiger partial charge >= 0.3 is 0 Å². The number of anilines is 1. The molecule has 2 heterocycles. The number of piperazine rings is 1. The number of amides is 1. The van der Waals surface area contributed by atoms with E-state index in [9.17, 15) is 14.9 Å². The fraction of sp³-hybridized carbons (Fsp3) is 0.292. The molecule has 1 amide bonds. The molecular weight excluding hydrogens is 442 g/mol. The monoisotopic (exact) mass is 465 g/mol. The second-order valence-corrected chi connectivity index (χ2v) is 8.64. The standard InChI is InChI=1S/C24H24ClN5O3/c1-15-12-17(3)19(13-16(15)2)21-6-7-23(27-26-21)28-8-10-29(11-9-28)24(31)18-4-5-20(25)22(14-18)30(32)33/h4-7,12-14H,8-11H2,1-3H3. The average Bonchev–Trinajstić information content (AvgIpc) is 2.81. The first-order valence-electron chi connectivity index (χ1n) is 10.6. The van der Waals surface area contributed by atoms with Crippen molar-refractivity contribution < 1.29 is 9.72 Å². The molecule has 0 atom stereocenters. The molecule has 1 aromatic heterocycles. The summed E-state index contributed by atoms with van der Waals surface area (Å²) in [4.78, 5) is 27.1. The van der Waals surface area contributed by atoms with Gasteiger partial charge in [-0.15, -0.1) is 10.2 Å². The van der Waals surface area contributed by atoms with E-state index in [1.807, 2.05) is 12.1 Å². The quantitative estimate of drug-likeness (QED) is 0.413. The molecule has 0 radical (unpaired) electrons. The molecule has 4 rings (SSSR count). The zero-order valence-electron chi connectivity index (χ0n) is 18.7. The number of nitro benzene ring substituents is 1. The minimum atomic E-state index is -0.585. The Morgan fingerprint density at radius 1 is 0.939 bits per heavy atom. The Morgan fingerprint density at radius 2 is 1.64 bits per heavy atom. The lowest BCUT2D eigenvalue weighted by Crippen LogP contribution is -2.49. The highest BCUT2D eigenvalue weighted by Gasteiger charge is 2.25. The van der Waals surface area contributed by atoms with E-state index in [1.54, 1.807) is 4.90 Å². The summed E-state index contributed by atoms with van der Waals surface area (Å²) in [6, 6.07) is 12.4. The number of nitro groups is 1. The second kappa shape index (κ2) is 9.15. The molecule has 170 valence electrons. The number of hydrogen-bond acceptors (Lipinski definition) is 6. The van der Waals surface area contributed by atoms with Crippen LogP contribution in [-0.2, 0) is 0 Å². The molecule has 9 heteroatoms. The van der Waals surface area contributed by atoms with Crippen LogP contribution in [0.25, 0.3) is 11.3 Å². The minimum Gasteiger partial charge on any atom is -0.352 e. The Hall–Kier alpha value is -3.52. The number of carbonyl (C=O) groups excluding carboxylic acids is 1. The van der Waals surface area contributed by atoms with E-state index in [2.05, 4.69) is 48.0 Å². The first-order chi connectivity index (χ1) is 15.7. The van der Waals surface area contributed by atoms with Crippen LogP contribution in [0.1, 0.15) is 27.0 Å². The molecule has 0 saturated carbocycles. The van der Waals surface area contributed by atoms with Crippen LogP contribution in [-0.4, -0.2) is 52.1 Å². The van der Waals surface area contributed by atoms with Gasteiger partial charge in [0.25, 0.3) is 11.6 Å². The summed E-state index contributed by atoms with van der Waals surface area (Å²) in [7, 11) is 0. The Kier molecular flexibility index (Phi) is 6.29. The molecule has 1 fully saturated rings. The van der Waals surface area contributed by atoms with E-state index in [0.29, 0.717) is 26.2 Å². The van der Waals surface area contributed by atoms with Crippen molar-refractivity contribution in [3.05, 3.63) is 79.9 Å². The van der Waals surface area contributed by atoms with Crippen LogP contribution in [0.15, 0.2) is 42.5 Å². The van der Waals surface area contributed by atoms with Gasteiger partial charge in [-0.05, 0) is 67.8 Å². The van der Waals surface area contributed by atoms with Crippen molar-refractivity contribution in [1.82, 2.24) is 15.1 Å². The minimum absolute atomic E-state index is 0.0133. The largest absolute Gasteiger partial charge is 0.352 e. The predicted octanol–water partition coefficient (Wildman–Crippen LogP) is 4.59. The molecule has 0 N–H and O–H groups in total. The molecular formula is C24H24ClN5O3. The third-order valence-electron chi connectivity index (χ3n) is 6.05. The fourth-order valence-electron chi connectivity index (χ4n) is 3.98. The van der Waals surface area contributed by atoms with Gasteiger partial charge < -0.3 is 9.80 Å². The molecule has 0 unspecified atom stereocenters. The average molecular weight is 466 g/mol. The van der Waals surface area contributed by atoms with Crippen LogP contribution in [0.4, 0.5) is 11.5 Å². The lowest BCUT2D eigenvalue weighted by Gasteiger charge is -2.35. The van der Waals surface area contributed by atoms with E-state index in [1.165, 1.54) is 29.3 Å². The van der Waals surface area contributed by atoms with E-state index in [-0.39, 0.29) is 22.2 Å². The molecule has 0 bridgehead atoms. The number of rotatable bonds is 4. The molecule has 8 nitrogen and oxygen atoms in total. The number of halogens is 1. The van der Waals surface area contributed by atoms with Crippen molar-refractivity contribution in [2.75, 3.05) is 31.1 Å². The molecule has 2 aromatic carbocycles. The Morgan fingerprint density at radius 3 is 2.27 bits per heavy atom. The van der Waals surface area contributed by atoms with Gasteiger partial charge in [0.15, 0.2) is 5.82 Å². The summed E-state index contributed by atoms with van der Waals surface area (Å²) >= 11 is 5.86. The molecule has 0 spiro atoms. The molecule has 1 aliphatic heterocycles. The van der Waals surface area contributed by atoms with Crippen molar-refractivity contribution in [1.29, 1.82) is 0 Å². The number of aryl methyl sites for hydroxylation is 3. The maximum Gasteiger partial charge on any atom is 0.288 e. The van der Waals surface area contributed by atoms with Crippen LogP contribution >= 0.6 is 11.6 Å². The maximum absolute atomic E-state index is 12.8. The smallest absolute Gasteiger partial charge is 0.288 e. The Labute approximate surface area is 197 Å². The van der Waals surface area contributed by atoms with Gasteiger partial charge in [0, 0.05) is 43.4 Å². The highest BCUT2D eigenvalue weighted by atomic mass is 35.5. The van der Waals surface area contributed by atoms with Crippen LogP contribution in [0.3, 0.4) is 0 Å². The van der Waals surface area contributed by atoms with Gasteiger partial charge in [0.05, 0.1) is 10.6 Å². The van der Waals surface area contributed by atoms with E-state index < -0.39 is 4.92 Å². The summed E-state index contributed by atoms with van der Waals surface area (Å²) in [5.41, 5.74) is 5.52. The topological polar surface area (TPSA) is 92.5 Å². The van der Waals surface area contributed by atoms with Crippen molar-refractivity contribution in [3.63, 3.8) is 0 Å². The van der Waals surface area contributed by atoms with Crippen molar-refractivity contribution in [3.8, 4) is 11.3 Å². The first-order valence-corrected chi connectivity index (χ1v) is 11.0. The maximum atomic E-state index is 12.8. The summed E-state index contributed by atoms with van der Waals surface area (Å²) in [5, 5.41) is 20.0. The van der Waals surface area contributed by atoms with Gasteiger partial charge in [0.2, 0.25) is 0 Å². The number of carbonyl (C=O) groups is 1. The summed E-state index contributed by atoms with van der Waals surface area (Å²) in [6.45, 7) is 8.41. The van der Waals surface area contributed by atoms with Crippen molar-refractivity contribution in [2.24, 2.45) is 0 Å². The Bertz CT molecular complexity index is 1220. The van der Waals surface area contributed by atoms with Crippen molar-refractivity contribution >= 4 is 29.0 Å². The molecule has 3 aromatic rings. The first kappa shape index (κ1) is 22.7. The highest BCUT2D eigenvalue weighted by molar-refractivity contribution is 6.32. The molecule has 1 aliphatic rings. The van der Waals surface area contributed by atoms with E-state index >= 15 is 0 Å². The summed E-state index contributed by atoms with van der Waals surface area (Å²) in [6.07, 6.45) is 0. The van der Waals surface area contributed by atoms with Crippen LogP contribution in [0.5, 0.6) is 0 Å². The van der Waals surface area contributed by atoms with Gasteiger partial charge in [-0.3, -0.25) is 14.9 Å². The predicted molar refractivity (Wildman–Crippen MR) is 128 cm³/mol. The number of nitrogens with zero attached hydrogens (tertiary/aromatic N) is 5. The lowest BCUT2D eigenvalue weighted by molar-refractivity contribution is -0.384. The fourth-order valence-corrected chi connectivity index (χ4v) is 4.17. The van der Waals surface area contributed by atoms with Gasteiger partial charge in [-0.25, -0.2) is 0 Å². The normalized spacial score (nSPS) is 13.8.